The number of allylic oxidation sites excluding steroid dienone is 1. The molecular weight excluding hydrogens is 116 g/mol. The van der Waals surface area contributed by atoms with Crippen LogP contribution in [0.4, 0.5) is 0 Å². The summed E-state index contributed by atoms with van der Waals surface area (Å²) in [5.41, 5.74) is 0.657. The molecule has 3 nitrogen and oxygen atoms in total. The molecule has 0 aliphatic carbocycles. The Hall–Kier alpha value is -0.990. The van der Waals surface area contributed by atoms with Crippen LogP contribution in [0.3, 0.4) is 0 Å². The van der Waals surface area contributed by atoms with Crippen LogP contribution in [-0.2, 0) is 4.79 Å². The van der Waals surface area contributed by atoms with Crippen LogP contribution in [0.5, 0.6) is 0 Å². The van der Waals surface area contributed by atoms with E-state index in [1.807, 2.05) is 18.9 Å². The van der Waals surface area contributed by atoms with Gasteiger partial charge in [-0.3, -0.25) is 4.79 Å². The Labute approximate surface area is 54.3 Å². The van der Waals surface area contributed by atoms with E-state index in [0.717, 1.165) is 6.29 Å². The largest absolute Gasteiger partial charge is 0.362 e. The minimum Gasteiger partial charge on any atom is -0.362 e. The van der Waals surface area contributed by atoms with Crippen molar-refractivity contribution in [3.05, 3.63) is 11.9 Å². The normalized spacial score (nSPS) is 25.3. The third-order valence-corrected chi connectivity index (χ3v) is 1.46. The molecule has 1 heterocycles. The minimum absolute atomic E-state index is 0.255. The molecule has 1 unspecified atom stereocenters. The van der Waals surface area contributed by atoms with E-state index in [2.05, 4.69) is 5.32 Å². The van der Waals surface area contributed by atoms with Crippen LogP contribution in [0, 0.1) is 0 Å². The lowest BCUT2D eigenvalue weighted by Crippen LogP contribution is -2.30. The van der Waals surface area contributed by atoms with Crippen molar-refractivity contribution in [1.82, 2.24) is 10.2 Å². The van der Waals surface area contributed by atoms with Gasteiger partial charge in [0.2, 0.25) is 0 Å². The van der Waals surface area contributed by atoms with Crippen LogP contribution >= 0.6 is 0 Å². The molecule has 0 amide bonds. The van der Waals surface area contributed by atoms with Gasteiger partial charge < -0.3 is 10.2 Å². The van der Waals surface area contributed by atoms with Gasteiger partial charge in [0, 0.05) is 13.2 Å². The number of aldehydes is 1. The van der Waals surface area contributed by atoms with Crippen molar-refractivity contribution < 1.29 is 4.79 Å². The van der Waals surface area contributed by atoms with Gasteiger partial charge in [0.05, 0.1) is 11.9 Å². The zero-order chi connectivity index (χ0) is 6.85. The molecule has 0 aromatic carbocycles. The summed E-state index contributed by atoms with van der Waals surface area (Å²) in [5, 5.41) is 2.97. The van der Waals surface area contributed by atoms with Crippen LogP contribution < -0.4 is 5.32 Å². The van der Waals surface area contributed by atoms with Gasteiger partial charge in [-0.1, -0.05) is 0 Å². The lowest BCUT2D eigenvalue weighted by molar-refractivity contribution is -0.105. The van der Waals surface area contributed by atoms with Crippen LogP contribution in [0.15, 0.2) is 11.9 Å². The molecular formula is C6H10N2O. The van der Waals surface area contributed by atoms with Crippen LogP contribution in [0.2, 0.25) is 0 Å². The fraction of sp³-hybridized carbons (Fsp3) is 0.500. The van der Waals surface area contributed by atoms with Crippen molar-refractivity contribution in [3.8, 4) is 0 Å². The van der Waals surface area contributed by atoms with Crippen molar-refractivity contribution in [2.45, 2.75) is 13.1 Å². The molecule has 1 N–H and O–H groups in total. The van der Waals surface area contributed by atoms with Crippen LogP contribution in [0.25, 0.3) is 0 Å². The summed E-state index contributed by atoms with van der Waals surface area (Å²) in [6, 6.07) is 0. The average Bonchev–Trinajstić information content (AvgIpc) is 2.13. The predicted molar refractivity (Wildman–Crippen MR) is 34.5 cm³/mol. The van der Waals surface area contributed by atoms with E-state index >= 15 is 0 Å². The topological polar surface area (TPSA) is 32.3 Å². The quantitative estimate of drug-likeness (QED) is 0.498. The number of rotatable bonds is 1. The van der Waals surface area contributed by atoms with Crippen LogP contribution in [0.1, 0.15) is 6.92 Å². The van der Waals surface area contributed by atoms with Gasteiger partial charge in [0.25, 0.3) is 0 Å². The number of nitrogens with zero attached hydrogens (tertiary/aromatic N) is 1. The molecule has 0 aromatic rings. The second kappa shape index (κ2) is 2.09. The first-order chi connectivity index (χ1) is 4.24. The van der Waals surface area contributed by atoms with Gasteiger partial charge in [-0.15, -0.1) is 0 Å². The summed E-state index contributed by atoms with van der Waals surface area (Å²) in [5.74, 6) is 0. The summed E-state index contributed by atoms with van der Waals surface area (Å²) >= 11 is 0. The number of hydrogen-bond acceptors (Lipinski definition) is 3. The zero-order valence-corrected chi connectivity index (χ0v) is 5.59. The summed E-state index contributed by atoms with van der Waals surface area (Å²) in [7, 11) is 1.92. The Bertz CT molecular complexity index is 153. The Balaban J connectivity index is 2.62. The Morgan fingerprint density at radius 3 is 2.78 bits per heavy atom. The number of carbonyl (C=O) groups excluding carboxylic acids is 1. The van der Waals surface area contributed by atoms with Gasteiger partial charge in [0.15, 0.2) is 6.29 Å². The van der Waals surface area contributed by atoms with Gasteiger partial charge in [0.1, 0.15) is 0 Å². The van der Waals surface area contributed by atoms with Gasteiger partial charge in [-0.05, 0) is 6.92 Å². The van der Waals surface area contributed by atoms with Gasteiger partial charge >= 0.3 is 0 Å². The van der Waals surface area contributed by atoms with Crippen LogP contribution in [-0.4, -0.2) is 24.4 Å². The lowest BCUT2D eigenvalue weighted by Gasteiger charge is -2.14. The fourth-order valence-corrected chi connectivity index (χ4v) is 0.776. The molecule has 0 spiro atoms. The summed E-state index contributed by atoms with van der Waals surface area (Å²) in [6.45, 7) is 1.99. The van der Waals surface area contributed by atoms with E-state index in [0.29, 0.717) is 5.70 Å². The Morgan fingerprint density at radius 2 is 2.56 bits per heavy atom. The average molecular weight is 126 g/mol. The van der Waals surface area contributed by atoms with Crippen molar-refractivity contribution >= 4 is 6.29 Å². The van der Waals surface area contributed by atoms with E-state index in [1.54, 1.807) is 6.20 Å². The molecule has 0 saturated carbocycles. The van der Waals surface area contributed by atoms with E-state index in [9.17, 15) is 4.79 Å². The SMILES string of the molecule is CC1NC(C=O)=CN1C. The van der Waals surface area contributed by atoms with Crippen molar-refractivity contribution in [3.63, 3.8) is 0 Å². The maximum absolute atomic E-state index is 10.1. The molecule has 9 heavy (non-hydrogen) atoms. The molecule has 1 atom stereocenters. The highest BCUT2D eigenvalue weighted by Crippen LogP contribution is 2.04. The van der Waals surface area contributed by atoms with Crippen molar-refractivity contribution in [1.29, 1.82) is 0 Å². The molecule has 1 rings (SSSR count). The van der Waals surface area contributed by atoms with E-state index in [4.69, 9.17) is 0 Å². The van der Waals surface area contributed by atoms with E-state index in [-0.39, 0.29) is 6.17 Å². The number of nitrogens with one attached hydrogen (secondary N) is 1. The summed E-state index contributed by atoms with van der Waals surface area (Å²) in [6.07, 6.45) is 2.86. The molecule has 1 aliphatic heterocycles. The Morgan fingerprint density at radius 1 is 1.89 bits per heavy atom. The number of hydrogen-bond donors (Lipinski definition) is 1. The second-order valence-electron chi connectivity index (χ2n) is 2.19. The minimum atomic E-state index is 0.255. The smallest absolute Gasteiger partial charge is 0.167 e. The maximum Gasteiger partial charge on any atom is 0.167 e. The second-order valence-corrected chi connectivity index (χ2v) is 2.19. The fourth-order valence-electron chi connectivity index (χ4n) is 0.776. The zero-order valence-electron chi connectivity index (χ0n) is 5.59. The molecule has 1 aliphatic rings. The molecule has 0 aromatic heterocycles. The maximum atomic E-state index is 10.1. The van der Waals surface area contributed by atoms with Gasteiger partial charge in [-0.25, -0.2) is 0 Å². The highest BCUT2D eigenvalue weighted by Gasteiger charge is 2.13. The number of carbonyl (C=O) groups is 1. The molecule has 0 radical (unpaired) electrons. The molecule has 0 fully saturated rings. The van der Waals surface area contributed by atoms with Crippen molar-refractivity contribution in [2.75, 3.05) is 7.05 Å². The first-order valence-electron chi connectivity index (χ1n) is 2.89. The van der Waals surface area contributed by atoms with E-state index in [1.165, 1.54) is 0 Å². The first kappa shape index (κ1) is 6.13. The molecule has 3 heteroatoms. The summed E-state index contributed by atoms with van der Waals surface area (Å²) < 4.78 is 0. The highest BCUT2D eigenvalue weighted by atomic mass is 16.1. The third kappa shape index (κ3) is 1.04. The van der Waals surface area contributed by atoms with Crippen molar-refractivity contribution in [2.24, 2.45) is 0 Å². The third-order valence-electron chi connectivity index (χ3n) is 1.46. The Kier molecular flexibility index (Phi) is 1.42. The van der Waals surface area contributed by atoms with E-state index < -0.39 is 0 Å². The monoisotopic (exact) mass is 126 g/mol. The summed E-state index contributed by atoms with van der Waals surface area (Å²) in [4.78, 5) is 12.1. The highest BCUT2D eigenvalue weighted by molar-refractivity contribution is 5.72. The predicted octanol–water partition coefficient (Wildman–Crippen LogP) is -0.0923. The molecule has 50 valence electrons. The molecule has 0 bridgehead atoms. The molecule has 0 saturated heterocycles. The lowest BCUT2D eigenvalue weighted by atomic mass is 10.5. The standard InChI is InChI=1S/C6H10N2O/c1-5-7-6(4-9)3-8(5)2/h3-5,7H,1-2H3. The van der Waals surface area contributed by atoms with Gasteiger partial charge in [-0.2, -0.15) is 0 Å². The first-order valence-corrected chi connectivity index (χ1v) is 2.89.